The molecule has 0 fully saturated rings. The Morgan fingerprint density at radius 2 is 1.84 bits per heavy atom. The molecule has 1 aliphatic heterocycles. The van der Waals surface area contributed by atoms with Crippen molar-refractivity contribution in [3.8, 4) is 5.75 Å². The lowest BCUT2D eigenvalue weighted by atomic mass is 9.95. The van der Waals surface area contributed by atoms with Crippen molar-refractivity contribution in [1.29, 1.82) is 0 Å². The van der Waals surface area contributed by atoms with Gasteiger partial charge in [-0.3, -0.25) is 4.79 Å². The van der Waals surface area contributed by atoms with E-state index < -0.39 is 6.04 Å². The van der Waals surface area contributed by atoms with Gasteiger partial charge in [0.05, 0.1) is 5.57 Å². The molecule has 0 spiro atoms. The van der Waals surface area contributed by atoms with E-state index >= 15 is 0 Å². The van der Waals surface area contributed by atoms with Crippen molar-refractivity contribution in [3.05, 3.63) is 107 Å². The van der Waals surface area contributed by atoms with Crippen molar-refractivity contribution in [2.45, 2.75) is 38.6 Å². The van der Waals surface area contributed by atoms with Crippen molar-refractivity contribution in [2.75, 3.05) is 16.4 Å². The highest BCUT2D eigenvalue weighted by molar-refractivity contribution is 7.99. The number of benzene rings is 3. The second-order valence-corrected chi connectivity index (χ2v) is 10.1. The van der Waals surface area contributed by atoms with E-state index in [-0.39, 0.29) is 5.91 Å². The number of aromatic nitrogens is 3. The number of rotatable bonds is 8. The van der Waals surface area contributed by atoms with E-state index in [2.05, 4.69) is 22.5 Å². The smallest absolute Gasteiger partial charge is 0.255 e. The monoisotopic (exact) mass is 511 g/mol. The van der Waals surface area contributed by atoms with E-state index in [0.29, 0.717) is 23.3 Å². The first kappa shape index (κ1) is 24.6. The maximum Gasteiger partial charge on any atom is 0.255 e. The Balaban J connectivity index is 1.46. The van der Waals surface area contributed by atoms with Crippen LogP contribution in [0, 0.1) is 6.92 Å². The number of hydrogen-bond donors (Lipinski definition) is 2. The van der Waals surface area contributed by atoms with E-state index in [1.807, 2.05) is 92.7 Å². The number of hydrogen-bond acceptors (Lipinski definition) is 6. The Morgan fingerprint density at radius 1 is 1.05 bits per heavy atom. The Bertz CT molecular complexity index is 1430. The third-order valence-corrected chi connectivity index (χ3v) is 6.79. The van der Waals surface area contributed by atoms with Crippen LogP contribution in [-0.4, -0.2) is 26.4 Å². The standard InChI is InChI=1S/C29H29N5O2S/c1-4-37-29-32-28-30-20(3)25(27(35)31-23-12-8-9-19(2)17-23)26(34(28)33-29)22-13-15-24(16-14-22)36-18-21-10-6-5-7-11-21/h5-17,26H,4,18H2,1-3H3,(H,31,35)(H,30,32,33). The summed E-state index contributed by atoms with van der Waals surface area (Å²) in [4.78, 5) is 18.3. The van der Waals surface area contributed by atoms with Gasteiger partial charge in [-0.2, -0.15) is 4.98 Å². The molecule has 2 heterocycles. The van der Waals surface area contributed by atoms with Crippen LogP contribution >= 0.6 is 11.8 Å². The van der Waals surface area contributed by atoms with Crippen LogP contribution in [0.25, 0.3) is 0 Å². The van der Waals surface area contributed by atoms with Crippen molar-refractivity contribution in [3.63, 3.8) is 0 Å². The average Bonchev–Trinajstić information content (AvgIpc) is 3.29. The summed E-state index contributed by atoms with van der Waals surface area (Å²) in [5.74, 6) is 2.05. The van der Waals surface area contributed by atoms with Gasteiger partial charge >= 0.3 is 0 Å². The van der Waals surface area contributed by atoms with Crippen LogP contribution in [0.5, 0.6) is 5.75 Å². The van der Waals surface area contributed by atoms with Gasteiger partial charge in [0.1, 0.15) is 18.4 Å². The lowest BCUT2D eigenvalue weighted by molar-refractivity contribution is -0.113. The number of anilines is 2. The molecule has 0 bridgehead atoms. The van der Waals surface area contributed by atoms with Gasteiger partial charge in [-0.25, -0.2) is 4.68 Å². The number of allylic oxidation sites excluding steroid dienone is 1. The average molecular weight is 512 g/mol. The first-order valence-electron chi connectivity index (χ1n) is 12.2. The molecule has 8 heteroatoms. The lowest BCUT2D eigenvalue weighted by Crippen LogP contribution is -2.31. The molecule has 5 rings (SSSR count). The predicted molar refractivity (Wildman–Crippen MR) is 148 cm³/mol. The van der Waals surface area contributed by atoms with Crippen LogP contribution < -0.4 is 15.4 Å². The van der Waals surface area contributed by atoms with Crippen molar-refractivity contribution >= 4 is 29.3 Å². The zero-order valence-electron chi connectivity index (χ0n) is 21.1. The number of thioether (sulfide) groups is 1. The zero-order chi connectivity index (χ0) is 25.8. The third-order valence-electron chi connectivity index (χ3n) is 6.07. The molecule has 7 nitrogen and oxygen atoms in total. The van der Waals surface area contributed by atoms with Gasteiger partial charge in [-0.1, -0.05) is 73.3 Å². The van der Waals surface area contributed by atoms with E-state index in [9.17, 15) is 4.79 Å². The zero-order valence-corrected chi connectivity index (χ0v) is 21.9. The van der Waals surface area contributed by atoms with E-state index in [1.54, 1.807) is 16.4 Å². The highest BCUT2D eigenvalue weighted by Gasteiger charge is 2.34. The van der Waals surface area contributed by atoms with Crippen molar-refractivity contribution < 1.29 is 9.53 Å². The van der Waals surface area contributed by atoms with Gasteiger partial charge in [0.2, 0.25) is 11.1 Å². The normalized spacial score (nSPS) is 14.6. The number of nitrogens with zero attached hydrogens (tertiary/aromatic N) is 3. The SMILES string of the molecule is CCSc1nc2n(n1)C(c1ccc(OCc3ccccc3)cc1)C(C(=O)Nc1cccc(C)c1)=C(C)N2. The molecule has 4 aromatic rings. The molecule has 2 N–H and O–H groups in total. The second kappa shape index (κ2) is 10.9. The Morgan fingerprint density at radius 3 is 2.57 bits per heavy atom. The summed E-state index contributed by atoms with van der Waals surface area (Å²) >= 11 is 1.57. The number of carbonyl (C=O) groups is 1. The fourth-order valence-electron chi connectivity index (χ4n) is 4.33. The molecule has 188 valence electrons. The largest absolute Gasteiger partial charge is 0.489 e. The number of aryl methyl sites for hydroxylation is 1. The molecule has 37 heavy (non-hydrogen) atoms. The van der Waals surface area contributed by atoms with Crippen LogP contribution in [0.3, 0.4) is 0 Å². The molecule has 1 aromatic heterocycles. The Hall–Kier alpha value is -4.04. The van der Waals surface area contributed by atoms with Gasteiger partial charge in [0.15, 0.2) is 0 Å². The van der Waals surface area contributed by atoms with Gasteiger partial charge in [0, 0.05) is 11.4 Å². The quantitative estimate of drug-likeness (QED) is 0.274. The highest BCUT2D eigenvalue weighted by Crippen LogP contribution is 2.37. The summed E-state index contributed by atoms with van der Waals surface area (Å²) in [7, 11) is 0. The fraction of sp³-hybridized carbons (Fsp3) is 0.207. The van der Waals surface area contributed by atoms with Crippen LogP contribution in [0.15, 0.2) is 95.3 Å². The van der Waals surface area contributed by atoms with Crippen molar-refractivity contribution in [2.24, 2.45) is 0 Å². The number of carbonyl (C=O) groups excluding carboxylic acids is 1. The molecule has 0 saturated heterocycles. The minimum atomic E-state index is -0.442. The minimum absolute atomic E-state index is 0.184. The lowest BCUT2D eigenvalue weighted by Gasteiger charge is -2.28. The van der Waals surface area contributed by atoms with Crippen LogP contribution in [0.1, 0.15) is 36.6 Å². The van der Waals surface area contributed by atoms with Gasteiger partial charge in [-0.15, -0.1) is 5.10 Å². The Labute approximate surface area is 221 Å². The molecule has 3 aromatic carbocycles. The summed E-state index contributed by atoms with van der Waals surface area (Å²) in [6, 6.07) is 25.2. The van der Waals surface area contributed by atoms with E-state index in [4.69, 9.17) is 9.84 Å². The summed E-state index contributed by atoms with van der Waals surface area (Å²) in [5, 5.41) is 11.8. The number of amides is 1. The summed E-state index contributed by atoms with van der Waals surface area (Å²) in [6.45, 7) is 6.46. The summed E-state index contributed by atoms with van der Waals surface area (Å²) in [6.07, 6.45) is 0. The highest BCUT2D eigenvalue weighted by atomic mass is 32.2. The maximum absolute atomic E-state index is 13.6. The molecule has 1 amide bonds. The molecule has 0 aliphatic carbocycles. The topological polar surface area (TPSA) is 81.1 Å². The molecular weight excluding hydrogens is 482 g/mol. The van der Waals surface area contributed by atoms with Gasteiger partial charge in [-0.05, 0) is 60.6 Å². The molecule has 1 aliphatic rings. The molecule has 0 saturated carbocycles. The first-order valence-corrected chi connectivity index (χ1v) is 13.2. The number of fused-ring (bicyclic) bond motifs is 1. The molecule has 0 radical (unpaired) electrons. The summed E-state index contributed by atoms with van der Waals surface area (Å²) in [5.41, 5.74) is 5.18. The van der Waals surface area contributed by atoms with Crippen LogP contribution in [0.2, 0.25) is 0 Å². The fourth-order valence-corrected chi connectivity index (χ4v) is 4.89. The van der Waals surface area contributed by atoms with Crippen LogP contribution in [0.4, 0.5) is 11.6 Å². The van der Waals surface area contributed by atoms with E-state index in [1.165, 1.54) is 0 Å². The predicted octanol–water partition coefficient (Wildman–Crippen LogP) is 6.21. The Kier molecular flexibility index (Phi) is 7.28. The second-order valence-electron chi connectivity index (χ2n) is 8.83. The molecule has 1 atom stereocenters. The van der Waals surface area contributed by atoms with Gasteiger partial charge in [0.25, 0.3) is 5.91 Å². The van der Waals surface area contributed by atoms with E-state index in [0.717, 1.165) is 39.6 Å². The molecular formula is C29H29N5O2S. The summed E-state index contributed by atoms with van der Waals surface area (Å²) < 4.78 is 7.79. The first-order chi connectivity index (χ1) is 18.0. The van der Waals surface area contributed by atoms with Gasteiger partial charge < -0.3 is 15.4 Å². The minimum Gasteiger partial charge on any atom is -0.489 e. The van der Waals surface area contributed by atoms with Crippen molar-refractivity contribution in [1.82, 2.24) is 14.8 Å². The number of ether oxygens (including phenoxy) is 1. The maximum atomic E-state index is 13.6. The third kappa shape index (κ3) is 5.54. The molecule has 1 unspecified atom stereocenters. The number of nitrogens with one attached hydrogen (secondary N) is 2. The van der Waals surface area contributed by atoms with Crippen LogP contribution in [-0.2, 0) is 11.4 Å².